The van der Waals surface area contributed by atoms with E-state index in [-0.39, 0.29) is 17.2 Å². The van der Waals surface area contributed by atoms with Crippen LogP contribution in [0.1, 0.15) is 39.3 Å². The van der Waals surface area contributed by atoms with Gasteiger partial charge < -0.3 is 26.0 Å². The van der Waals surface area contributed by atoms with E-state index in [1.54, 1.807) is 30.3 Å². The van der Waals surface area contributed by atoms with E-state index in [2.05, 4.69) is 10.6 Å². The summed E-state index contributed by atoms with van der Waals surface area (Å²) in [6.07, 6.45) is -0.683. The number of nitrogens with one attached hydrogen (secondary N) is 2. The van der Waals surface area contributed by atoms with Gasteiger partial charge in [0.1, 0.15) is 0 Å². The number of hydrogen-bond acceptors (Lipinski definition) is 5. The molecule has 0 amide bonds. The van der Waals surface area contributed by atoms with E-state index in [1.807, 2.05) is 25.1 Å². The number of carbonyl (C=O) groups is 2. The highest BCUT2D eigenvalue weighted by atomic mass is 35.5. The Bertz CT molecular complexity index is 1150. The average Bonchev–Trinajstić information content (AvgIpc) is 2.80. The van der Waals surface area contributed by atoms with Crippen molar-refractivity contribution in [2.45, 2.75) is 19.1 Å². The lowest BCUT2D eigenvalue weighted by atomic mass is 9.97. The standard InChI is InChI=1S/C25H25ClN2O5/c1-15(27-14-23(29)17-5-2-6-19(26)10-17)13-28-20-7-3-4-16(11-20)21-9-8-18(24(30)31)12-22(21)25(32)33/h2-12,15,23,27-29H,13-14H2,1H3,(H,30,31)(H,32,33). The second kappa shape index (κ2) is 11.0. The number of halogens is 1. The van der Waals surface area contributed by atoms with Gasteiger partial charge in [-0.1, -0.05) is 41.9 Å². The van der Waals surface area contributed by atoms with E-state index in [1.165, 1.54) is 12.1 Å². The van der Waals surface area contributed by atoms with E-state index >= 15 is 0 Å². The number of rotatable bonds is 10. The Morgan fingerprint density at radius 3 is 2.39 bits per heavy atom. The summed E-state index contributed by atoms with van der Waals surface area (Å²) in [5, 5.41) is 36.2. The van der Waals surface area contributed by atoms with Crippen molar-refractivity contribution >= 4 is 29.2 Å². The van der Waals surface area contributed by atoms with Crippen LogP contribution in [0.25, 0.3) is 11.1 Å². The molecule has 0 aliphatic carbocycles. The van der Waals surface area contributed by atoms with Gasteiger partial charge in [-0.25, -0.2) is 9.59 Å². The minimum absolute atomic E-state index is 0.0342. The molecule has 172 valence electrons. The van der Waals surface area contributed by atoms with Crippen LogP contribution >= 0.6 is 11.6 Å². The number of carboxylic acids is 2. The van der Waals surface area contributed by atoms with Crippen LogP contribution in [0, 0.1) is 0 Å². The summed E-state index contributed by atoms with van der Waals surface area (Å²) in [7, 11) is 0. The first-order chi connectivity index (χ1) is 15.7. The van der Waals surface area contributed by atoms with Crippen LogP contribution in [-0.2, 0) is 0 Å². The molecule has 0 fully saturated rings. The van der Waals surface area contributed by atoms with Gasteiger partial charge in [0.15, 0.2) is 0 Å². The predicted octanol–water partition coefficient (Wildman–Crippen LogP) is 4.53. The maximum atomic E-state index is 11.7. The first-order valence-electron chi connectivity index (χ1n) is 10.4. The van der Waals surface area contributed by atoms with Gasteiger partial charge in [-0.2, -0.15) is 0 Å². The van der Waals surface area contributed by atoms with Crippen LogP contribution < -0.4 is 10.6 Å². The Kier molecular flexibility index (Phi) is 8.06. The molecular weight excluding hydrogens is 444 g/mol. The number of aromatic carboxylic acids is 2. The zero-order valence-electron chi connectivity index (χ0n) is 18.0. The predicted molar refractivity (Wildman–Crippen MR) is 128 cm³/mol. The summed E-state index contributed by atoms with van der Waals surface area (Å²) in [5.41, 5.74) is 2.47. The van der Waals surface area contributed by atoms with Crippen molar-refractivity contribution in [1.29, 1.82) is 0 Å². The highest BCUT2D eigenvalue weighted by Crippen LogP contribution is 2.27. The molecule has 0 saturated heterocycles. The van der Waals surface area contributed by atoms with Crippen LogP contribution in [0.15, 0.2) is 66.7 Å². The van der Waals surface area contributed by atoms with E-state index in [9.17, 15) is 19.8 Å². The van der Waals surface area contributed by atoms with Gasteiger partial charge in [-0.15, -0.1) is 0 Å². The zero-order valence-corrected chi connectivity index (χ0v) is 18.7. The molecule has 2 atom stereocenters. The summed E-state index contributed by atoms with van der Waals surface area (Å²) in [5.74, 6) is -2.37. The fourth-order valence-corrected chi connectivity index (χ4v) is 3.59. The highest BCUT2D eigenvalue weighted by molar-refractivity contribution is 6.30. The van der Waals surface area contributed by atoms with E-state index in [0.717, 1.165) is 17.3 Å². The molecule has 3 aromatic carbocycles. The van der Waals surface area contributed by atoms with Gasteiger partial charge in [0.25, 0.3) is 0 Å². The van der Waals surface area contributed by atoms with Crippen molar-refractivity contribution < 1.29 is 24.9 Å². The molecule has 3 rings (SSSR count). The van der Waals surface area contributed by atoms with Crippen LogP contribution in [0.4, 0.5) is 5.69 Å². The van der Waals surface area contributed by atoms with E-state index in [0.29, 0.717) is 29.2 Å². The zero-order chi connectivity index (χ0) is 24.0. The second-order valence-corrected chi connectivity index (χ2v) is 8.15. The van der Waals surface area contributed by atoms with Gasteiger partial charge in [-0.3, -0.25) is 0 Å². The molecule has 0 heterocycles. The first kappa shape index (κ1) is 24.3. The number of benzene rings is 3. The Morgan fingerprint density at radius 2 is 1.70 bits per heavy atom. The molecule has 0 aliphatic rings. The third-order valence-corrected chi connectivity index (χ3v) is 5.41. The highest BCUT2D eigenvalue weighted by Gasteiger charge is 2.16. The molecule has 8 heteroatoms. The summed E-state index contributed by atoms with van der Waals surface area (Å²) < 4.78 is 0. The number of aliphatic hydroxyl groups excluding tert-OH is 1. The topological polar surface area (TPSA) is 119 Å². The summed E-state index contributed by atoms with van der Waals surface area (Å²) in [4.78, 5) is 22.9. The second-order valence-electron chi connectivity index (χ2n) is 7.71. The van der Waals surface area contributed by atoms with Gasteiger partial charge in [0.05, 0.1) is 17.2 Å². The van der Waals surface area contributed by atoms with Crippen molar-refractivity contribution in [3.63, 3.8) is 0 Å². The lowest BCUT2D eigenvalue weighted by Crippen LogP contribution is -2.35. The monoisotopic (exact) mass is 468 g/mol. The molecule has 3 aromatic rings. The first-order valence-corrected chi connectivity index (χ1v) is 10.7. The molecule has 0 aliphatic heterocycles. The van der Waals surface area contributed by atoms with E-state index < -0.39 is 18.0 Å². The molecule has 33 heavy (non-hydrogen) atoms. The minimum Gasteiger partial charge on any atom is -0.478 e. The lowest BCUT2D eigenvalue weighted by Gasteiger charge is -2.19. The van der Waals surface area contributed by atoms with Gasteiger partial charge in [0, 0.05) is 29.8 Å². The Labute approximate surface area is 196 Å². The van der Waals surface area contributed by atoms with Crippen molar-refractivity contribution in [2.24, 2.45) is 0 Å². The molecule has 0 spiro atoms. The molecule has 5 N–H and O–H groups in total. The quantitative estimate of drug-likeness (QED) is 0.296. The average molecular weight is 469 g/mol. The molecule has 0 aromatic heterocycles. The number of aliphatic hydroxyl groups is 1. The SMILES string of the molecule is CC(CNc1cccc(-c2ccc(C(=O)O)cc2C(=O)O)c1)NCC(O)c1cccc(Cl)c1. The van der Waals surface area contributed by atoms with Gasteiger partial charge in [0.2, 0.25) is 0 Å². The third-order valence-electron chi connectivity index (χ3n) is 5.18. The van der Waals surface area contributed by atoms with Crippen molar-refractivity contribution in [3.8, 4) is 11.1 Å². The molecular formula is C25H25ClN2O5. The number of anilines is 1. The van der Waals surface area contributed by atoms with Crippen molar-refractivity contribution in [3.05, 3.63) is 88.4 Å². The Morgan fingerprint density at radius 1 is 0.939 bits per heavy atom. The fraction of sp³-hybridized carbons (Fsp3) is 0.200. The molecule has 7 nitrogen and oxygen atoms in total. The van der Waals surface area contributed by atoms with Crippen LogP contribution in [0.3, 0.4) is 0 Å². The number of carboxylic acid groups (broad SMARTS) is 2. The molecule has 0 radical (unpaired) electrons. The maximum absolute atomic E-state index is 11.7. The largest absolute Gasteiger partial charge is 0.478 e. The van der Waals surface area contributed by atoms with Crippen LogP contribution in [0.5, 0.6) is 0 Å². The molecule has 2 unspecified atom stereocenters. The maximum Gasteiger partial charge on any atom is 0.336 e. The molecule has 0 saturated carbocycles. The lowest BCUT2D eigenvalue weighted by molar-refractivity contribution is 0.0696. The Hall–Kier alpha value is -3.39. The smallest absolute Gasteiger partial charge is 0.336 e. The van der Waals surface area contributed by atoms with Crippen molar-refractivity contribution in [2.75, 3.05) is 18.4 Å². The Balaban J connectivity index is 1.63. The van der Waals surface area contributed by atoms with Crippen LogP contribution in [0.2, 0.25) is 5.02 Å². The van der Waals surface area contributed by atoms with Gasteiger partial charge in [-0.05, 0) is 60.0 Å². The summed E-state index contributed by atoms with van der Waals surface area (Å²) in [6, 6.07) is 18.5. The summed E-state index contributed by atoms with van der Waals surface area (Å²) in [6.45, 7) is 2.91. The molecule has 0 bridgehead atoms. The van der Waals surface area contributed by atoms with Gasteiger partial charge >= 0.3 is 11.9 Å². The van der Waals surface area contributed by atoms with Crippen LogP contribution in [-0.4, -0.2) is 46.4 Å². The van der Waals surface area contributed by atoms with E-state index in [4.69, 9.17) is 16.7 Å². The fourth-order valence-electron chi connectivity index (χ4n) is 3.39. The van der Waals surface area contributed by atoms with Crippen molar-refractivity contribution in [1.82, 2.24) is 5.32 Å². The number of hydrogen-bond donors (Lipinski definition) is 5. The minimum atomic E-state index is -1.19. The normalized spacial score (nSPS) is 12.7. The summed E-state index contributed by atoms with van der Waals surface area (Å²) >= 11 is 5.97. The third kappa shape index (κ3) is 6.55.